The van der Waals surface area contributed by atoms with Crippen molar-refractivity contribution in [3.63, 3.8) is 0 Å². The molecule has 0 heterocycles. The van der Waals surface area contributed by atoms with E-state index in [2.05, 4.69) is 26.0 Å². The van der Waals surface area contributed by atoms with Crippen molar-refractivity contribution < 1.29 is 18.3 Å². The monoisotopic (exact) mass is 355 g/mol. The molecule has 6 heteroatoms. The van der Waals surface area contributed by atoms with Crippen LogP contribution < -0.4 is 10.1 Å². The van der Waals surface area contributed by atoms with Crippen LogP contribution in [0.25, 0.3) is 0 Å². The molecule has 1 N–H and O–H groups in total. The maximum absolute atomic E-state index is 12.3. The number of benzene rings is 2. The first-order valence-corrected chi connectivity index (χ1v) is 6.88. The lowest BCUT2D eigenvalue weighted by molar-refractivity contribution is -0.0493. The van der Waals surface area contributed by atoms with Crippen molar-refractivity contribution in [2.45, 2.75) is 13.5 Å². The predicted octanol–water partition coefficient (Wildman–Crippen LogP) is 4.61. The fourth-order valence-corrected chi connectivity index (χ4v) is 2.20. The largest absolute Gasteiger partial charge is 0.433 e. The molecular formula is C15H12BrF2NO2. The number of rotatable bonds is 4. The van der Waals surface area contributed by atoms with Gasteiger partial charge >= 0.3 is 6.61 Å². The van der Waals surface area contributed by atoms with E-state index in [0.717, 1.165) is 5.56 Å². The lowest BCUT2D eigenvalue weighted by atomic mass is 10.1. The molecule has 0 aliphatic heterocycles. The van der Waals surface area contributed by atoms with E-state index in [4.69, 9.17) is 0 Å². The second-order valence-corrected chi connectivity index (χ2v) is 5.17. The van der Waals surface area contributed by atoms with Crippen molar-refractivity contribution in [3.05, 3.63) is 58.1 Å². The number of para-hydroxylation sites is 2. The van der Waals surface area contributed by atoms with E-state index in [1.54, 1.807) is 24.3 Å². The Bertz CT molecular complexity index is 662. The molecule has 0 aromatic heterocycles. The van der Waals surface area contributed by atoms with Crippen molar-refractivity contribution in [1.82, 2.24) is 0 Å². The third-order valence-electron chi connectivity index (χ3n) is 2.72. The SMILES string of the molecule is Cc1ccc(Br)c(C(=O)Nc2ccccc2OC(F)F)c1. The lowest BCUT2D eigenvalue weighted by Gasteiger charge is -2.12. The van der Waals surface area contributed by atoms with Crippen LogP contribution in [0, 0.1) is 6.92 Å². The van der Waals surface area contributed by atoms with E-state index in [0.29, 0.717) is 10.0 Å². The number of ether oxygens (including phenoxy) is 1. The van der Waals surface area contributed by atoms with E-state index in [9.17, 15) is 13.6 Å². The van der Waals surface area contributed by atoms with Crippen LogP contribution in [-0.4, -0.2) is 12.5 Å². The van der Waals surface area contributed by atoms with Crippen LogP contribution in [0.2, 0.25) is 0 Å². The van der Waals surface area contributed by atoms with Gasteiger partial charge in [-0.3, -0.25) is 4.79 Å². The van der Waals surface area contributed by atoms with Gasteiger partial charge in [0.2, 0.25) is 0 Å². The first-order chi connectivity index (χ1) is 9.97. The predicted molar refractivity (Wildman–Crippen MR) is 79.9 cm³/mol. The number of aryl methyl sites for hydroxylation is 1. The Balaban J connectivity index is 2.25. The molecule has 0 saturated carbocycles. The summed E-state index contributed by atoms with van der Waals surface area (Å²) in [6.45, 7) is -1.09. The molecule has 0 aliphatic rings. The van der Waals surface area contributed by atoms with Crippen molar-refractivity contribution in [2.75, 3.05) is 5.32 Å². The molecule has 0 atom stereocenters. The second-order valence-electron chi connectivity index (χ2n) is 4.31. The normalized spacial score (nSPS) is 10.5. The van der Waals surface area contributed by atoms with Gasteiger partial charge in [-0.2, -0.15) is 8.78 Å². The number of anilines is 1. The maximum Gasteiger partial charge on any atom is 0.387 e. The number of carbonyl (C=O) groups excluding carboxylic acids is 1. The smallest absolute Gasteiger partial charge is 0.387 e. The van der Waals surface area contributed by atoms with Crippen molar-refractivity contribution in [2.24, 2.45) is 0 Å². The zero-order chi connectivity index (χ0) is 15.4. The van der Waals surface area contributed by atoms with Crippen LogP contribution >= 0.6 is 15.9 Å². The van der Waals surface area contributed by atoms with Crippen LogP contribution in [-0.2, 0) is 0 Å². The average Bonchev–Trinajstić information content (AvgIpc) is 2.43. The standard InChI is InChI=1S/C15H12BrF2NO2/c1-9-6-7-11(16)10(8-9)14(20)19-12-4-2-3-5-13(12)21-15(17)18/h2-8,15H,1H3,(H,19,20). The summed E-state index contributed by atoms with van der Waals surface area (Å²) in [4.78, 5) is 12.2. The summed E-state index contributed by atoms with van der Waals surface area (Å²) in [6.07, 6.45) is 0. The Hall–Kier alpha value is -1.95. The highest BCUT2D eigenvalue weighted by Gasteiger charge is 2.14. The molecule has 0 saturated heterocycles. The minimum atomic E-state index is -2.95. The number of nitrogens with one attached hydrogen (secondary N) is 1. The Morgan fingerprint density at radius 1 is 1.24 bits per heavy atom. The van der Waals surface area contributed by atoms with Gasteiger partial charge in [-0.1, -0.05) is 23.8 Å². The summed E-state index contributed by atoms with van der Waals surface area (Å²) in [7, 11) is 0. The van der Waals surface area contributed by atoms with Gasteiger partial charge in [0.25, 0.3) is 5.91 Å². The van der Waals surface area contributed by atoms with E-state index in [1.807, 2.05) is 13.0 Å². The van der Waals surface area contributed by atoms with Gasteiger partial charge in [0.05, 0.1) is 11.3 Å². The first kappa shape index (κ1) is 15.4. The second kappa shape index (κ2) is 6.67. The van der Waals surface area contributed by atoms with Crippen LogP contribution in [0.15, 0.2) is 46.9 Å². The van der Waals surface area contributed by atoms with Gasteiger partial charge < -0.3 is 10.1 Å². The summed E-state index contributed by atoms with van der Waals surface area (Å²) in [6, 6.07) is 11.4. The van der Waals surface area contributed by atoms with E-state index in [-0.39, 0.29) is 11.4 Å². The zero-order valence-corrected chi connectivity index (χ0v) is 12.7. The molecule has 0 radical (unpaired) electrons. The van der Waals surface area contributed by atoms with Gasteiger partial charge in [-0.25, -0.2) is 0 Å². The topological polar surface area (TPSA) is 38.3 Å². The molecule has 0 spiro atoms. The van der Waals surface area contributed by atoms with E-state index < -0.39 is 12.5 Å². The van der Waals surface area contributed by atoms with Gasteiger partial charge in [0, 0.05) is 4.47 Å². The quantitative estimate of drug-likeness (QED) is 0.869. The Kier molecular flexibility index (Phi) is 4.90. The molecular weight excluding hydrogens is 344 g/mol. The minimum absolute atomic E-state index is 0.0791. The number of alkyl halides is 2. The molecule has 1 amide bonds. The van der Waals surface area contributed by atoms with Crippen molar-refractivity contribution >= 4 is 27.5 Å². The summed E-state index contributed by atoms with van der Waals surface area (Å²) in [5.74, 6) is -0.486. The molecule has 110 valence electrons. The van der Waals surface area contributed by atoms with Crippen LogP contribution in [0.3, 0.4) is 0 Å². The van der Waals surface area contributed by atoms with Gasteiger partial charge in [-0.15, -0.1) is 0 Å². The number of hydrogen-bond donors (Lipinski definition) is 1. The summed E-state index contributed by atoms with van der Waals surface area (Å²) in [5, 5.41) is 2.57. The summed E-state index contributed by atoms with van der Waals surface area (Å²) >= 11 is 3.29. The lowest BCUT2D eigenvalue weighted by Crippen LogP contribution is -2.14. The number of hydrogen-bond acceptors (Lipinski definition) is 2. The fraction of sp³-hybridized carbons (Fsp3) is 0.133. The Labute approximate surface area is 129 Å². The molecule has 0 bridgehead atoms. The van der Waals surface area contributed by atoms with Crippen LogP contribution in [0.1, 0.15) is 15.9 Å². The summed E-state index contributed by atoms with van der Waals surface area (Å²) < 4.78 is 29.7. The fourth-order valence-electron chi connectivity index (χ4n) is 1.77. The minimum Gasteiger partial charge on any atom is -0.433 e. The molecule has 0 fully saturated rings. The number of carbonyl (C=O) groups is 1. The highest BCUT2D eigenvalue weighted by Crippen LogP contribution is 2.27. The highest BCUT2D eigenvalue weighted by atomic mass is 79.9. The number of halogens is 3. The molecule has 3 nitrogen and oxygen atoms in total. The van der Waals surface area contributed by atoms with E-state index in [1.165, 1.54) is 12.1 Å². The zero-order valence-electron chi connectivity index (χ0n) is 11.1. The molecule has 0 aliphatic carbocycles. The van der Waals surface area contributed by atoms with Gasteiger partial charge in [0.15, 0.2) is 0 Å². The summed E-state index contributed by atoms with van der Waals surface area (Å²) in [5.41, 5.74) is 1.53. The molecule has 0 unspecified atom stereocenters. The molecule has 2 rings (SSSR count). The molecule has 21 heavy (non-hydrogen) atoms. The van der Waals surface area contributed by atoms with Crippen LogP contribution in [0.5, 0.6) is 5.75 Å². The van der Waals surface area contributed by atoms with Crippen LogP contribution in [0.4, 0.5) is 14.5 Å². The third kappa shape index (κ3) is 4.01. The number of amides is 1. The Morgan fingerprint density at radius 2 is 1.95 bits per heavy atom. The molecule has 2 aromatic rings. The Morgan fingerprint density at radius 3 is 2.67 bits per heavy atom. The van der Waals surface area contributed by atoms with Crippen molar-refractivity contribution in [1.29, 1.82) is 0 Å². The van der Waals surface area contributed by atoms with E-state index >= 15 is 0 Å². The maximum atomic E-state index is 12.3. The third-order valence-corrected chi connectivity index (χ3v) is 3.41. The average molecular weight is 356 g/mol. The molecule has 2 aromatic carbocycles. The van der Waals surface area contributed by atoms with Gasteiger partial charge in [-0.05, 0) is 47.1 Å². The van der Waals surface area contributed by atoms with Gasteiger partial charge in [0.1, 0.15) is 5.75 Å². The van der Waals surface area contributed by atoms with Crippen molar-refractivity contribution in [3.8, 4) is 5.75 Å². The first-order valence-electron chi connectivity index (χ1n) is 6.08. The highest BCUT2D eigenvalue weighted by molar-refractivity contribution is 9.10.